The first-order chi connectivity index (χ1) is 20.0. The molecule has 0 saturated carbocycles. The largest absolute Gasteiger partial charge is 0.491 e. The number of rotatable bonds is 10. The average molecular weight is 610 g/mol. The maximum atomic E-state index is 11.1. The molecule has 3 saturated heterocycles. The van der Waals surface area contributed by atoms with Gasteiger partial charge in [-0.05, 0) is 12.1 Å². The molecule has 3 fully saturated rings. The second kappa shape index (κ2) is 14.1. The minimum Gasteiger partial charge on any atom is -0.491 e. The molecule has 1 aromatic carbocycles. The average Bonchev–Trinajstić information content (AvgIpc) is 2.98. The highest BCUT2D eigenvalue weighted by atomic mass is 16.8. The van der Waals surface area contributed by atoms with Crippen molar-refractivity contribution in [2.24, 2.45) is 0 Å². The molecule has 4 rings (SSSR count). The summed E-state index contributed by atoms with van der Waals surface area (Å²) in [5, 5.41) is 103. The predicted molar refractivity (Wildman–Crippen MR) is 132 cm³/mol. The molecule has 14 atom stereocenters. The van der Waals surface area contributed by atoms with E-state index >= 15 is 0 Å². The Morgan fingerprint density at radius 2 is 1.31 bits per heavy atom. The van der Waals surface area contributed by atoms with Gasteiger partial charge in [-0.3, -0.25) is 10.1 Å². The zero-order valence-electron chi connectivity index (χ0n) is 22.0. The van der Waals surface area contributed by atoms with Crippen molar-refractivity contribution in [3.63, 3.8) is 0 Å². The van der Waals surface area contributed by atoms with E-state index in [1.807, 2.05) is 0 Å². The maximum absolute atomic E-state index is 11.1. The van der Waals surface area contributed by atoms with Crippen molar-refractivity contribution in [2.75, 3.05) is 26.4 Å². The number of aliphatic hydroxyl groups excluding tert-OH is 9. The van der Waals surface area contributed by atoms with E-state index in [4.69, 9.17) is 28.4 Å². The number of ether oxygens (including phenoxy) is 6. The number of hydrogen-bond donors (Lipinski definition) is 9. The van der Waals surface area contributed by atoms with Crippen LogP contribution in [0.2, 0.25) is 0 Å². The van der Waals surface area contributed by atoms with Gasteiger partial charge >= 0.3 is 0 Å². The van der Waals surface area contributed by atoms with Crippen LogP contribution in [0.4, 0.5) is 5.69 Å². The zero-order valence-corrected chi connectivity index (χ0v) is 22.0. The molecule has 0 radical (unpaired) electrons. The minimum atomic E-state index is -1.92. The van der Waals surface area contributed by atoms with E-state index in [0.717, 1.165) is 0 Å². The first-order valence-electron chi connectivity index (χ1n) is 13.1. The van der Waals surface area contributed by atoms with Gasteiger partial charge in [0.05, 0.1) is 24.7 Å². The Hall–Kier alpha value is -2.14. The van der Waals surface area contributed by atoms with Gasteiger partial charge in [0.2, 0.25) is 0 Å². The third-order valence-corrected chi connectivity index (χ3v) is 7.29. The number of nitro benzene ring substituents is 1. The number of non-ortho nitro benzene ring substituents is 1. The van der Waals surface area contributed by atoms with Crippen molar-refractivity contribution in [3.05, 3.63) is 34.4 Å². The quantitative estimate of drug-likeness (QED) is 0.0887. The van der Waals surface area contributed by atoms with E-state index in [9.17, 15) is 56.1 Å². The fourth-order valence-corrected chi connectivity index (χ4v) is 4.84. The molecule has 3 heterocycles. The van der Waals surface area contributed by atoms with Crippen LogP contribution in [-0.2, 0) is 23.7 Å². The Labute approximate surface area is 237 Å². The normalized spacial score (nSPS) is 42.7. The number of benzene rings is 1. The molecule has 42 heavy (non-hydrogen) atoms. The second-order valence-electron chi connectivity index (χ2n) is 10.1. The summed E-state index contributed by atoms with van der Waals surface area (Å²) in [7, 11) is 0. The molecule has 3 aliphatic heterocycles. The Bertz CT molecular complexity index is 1010. The Balaban J connectivity index is 1.55. The highest BCUT2D eigenvalue weighted by Gasteiger charge is 2.52. The molecular formula is C24H35NO17. The topological polar surface area (TPSA) is 281 Å². The van der Waals surface area contributed by atoms with Gasteiger partial charge in [-0.15, -0.1) is 0 Å². The van der Waals surface area contributed by atoms with Gasteiger partial charge in [0.1, 0.15) is 85.6 Å². The molecule has 18 nitrogen and oxygen atoms in total. The van der Waals surface area contributed by atoms with Crippen LogP contribution in [0, 0.1) is 10.1 Å². The molecule has 0 unspecified atom stereocenters. The van der Waals surface area contributed by atoms with E-state index in [2.05, 4.69) is 0 Å². The van der Waals surface area contributed by atoms with E-state index in [1.54, 1.807) is 0 Å². The van der Waals surface area contributed by atoms with E-state index in [0.29, 0.717) is 0 Å². The summed E-state index contributed by atoms with van der Waals surface area (Å²) in [6.45, 7) is -2.14. The van der Waals surface area contributed by atoms with Crippen LogP contribution in [0.1, 0.15) is 0 Å². The summed E-state index contributed by atoms with van der Waals surface area (Å²) < 4.78 is 33.4. The fraction of sp³-hybridized carbons (Fsp3) is 0.750. The van der Waals surface area contributed by atoms with Gasteiger partial charge < -0.3 is 74.4 Å². The molecule has 0 spiro atoms. The molecule has 3 aliphatic rings. The van der Waals surface area contributed by atoms with Crippen molar-refractivity contribution in [1.82, 2.24) is 0 Å². The Kier molecular flexibility index (Phi) is 11.0. The monoisotopic (exact) mass is 609 g/mol. The van der Waals surface area contributed by atoms with Gasteiger partial charge in [0.25, 0.3) is 5.69 Å². The fourth-order valence-electron chi connectivity index (χ4n) is 4.84. The van der Waals surface area contributed by atoms with Crippen molar-refractivity contribution >= 4 is 5.69 Å². The first kappa shape index (κ1) is 32.8. The Morgan fingerprint density at radius 1 is 0.738 bits per heavy atom. The van der Waals surface area contributed by atoms with E-state index in [-0.39, 0.29) is 18.0 Å². The van der Waals surface area contributed by atoms with Crippen LogP contribution >= 0.6 is 0 Å². The number of nitro groups is 1. The molecule has 18 heteroatoms. The lowest BCUT2D eigenvalue weighted by molar-refractivity contribution is -0.384. The van der Waals surface area contributed by atoms with Crippen molar-refractivity contribution in [2.45, 2.75) is 85.8 Å². The molecule has 238 valence electrons. The summed E-state index contributed by atoms with van der Waals surface area (Å²) >= 11 is 0. The maximum Gasteiger partial charge on any atom is 0.269 e. The third kappa shape index (κ3) is 6.98. The lowest BCUT2D eigenvalue weighted by Crippen LogP contribution is -2.66. The van der Waals surface area contributed by atoms with E-state index < -0.39 is 111 Å². The van der Waals surface area contributed by atoms with Crippen molar-refractivity contribution < 1.29 is 79.3 Å². The molecule has 9 N–H and O–H groups in total. The van der Waals surface area contributed by atoms with Crippen LogP contribution < -0.4 is 4.74 Å². The standard InChI is InChI=1S/C24H35NO17/c26-5-12-16(30)17(31)19(33)23(39-12)42-24-20(34)18(32)22(41-21-13(6-27)38-7-11(28)15(21)29)14(40-24)8-37-10-3-1-9(2-4-10)25(35)36/h1-4,11-24,26-34H,5-8H2/t11-,12+,13+,14+,15+,16+,17-,18+,19+,20+,21-,22-,23+,24-/m0/s1. The highest BCUT2D eigenvalue weighted by molar-refractivity contribution is 5.36. The van der Waals surface area contributed by atoms with Crippen molar-refractivity contribution in [3.8, 4) is 5.75 Å². The summed E-state index contributed by atoms with van der Waals surface area (Å²) in [5.74, 6) is 0.139. The molecule has 1 aromatic rings. The Morgan fingerprint density at radius 3 is 1.90 bits per heavy atom. The summed E-state index contributed by atoms with van der Waals surface area (Å²) in [6, 6.07) is 4.94. The van der Waals surface area contributed by atoms with Crippen LogP contribution in [-0.4, -0.2) is 163 Å². The molecule has 0 aromatic heterocycles. The van der Waals surface area contributed by atoms with Crippen LogP contribution in [0.5, 0.6) is 5.75 Å². The number of hydrogen-bond acceptors (Lipinski definition) is 17. The number of nitrogens with zero attached hydrogens (tertiary/aromatic N) is 1. The first-order valence-corrected chi connectivity index (χ1v) is 13.1. The predicted octanol–water partition coefficient (Wildman–Crippen LogP) is -4.90. The van der Waals surface area contributed by atoms with E-state index in [1.165, 1.54) is 24.3 Å². The van der Waals surface area contributed by atoms with Crippen LogP contribution in [0.25, 0.3) is 0 Å². The van der Waals surface area contributed by atoms with Crippen LogP contribution in [0.3, 0.4) is 0 Å². The highest BCUT2D eigenvalue weighted by Crippen LogP contribution is 2.32. The number of aliphatic hydroxyl groups is 9. The van der Waals surface area contributed by atoms with Crippen molar-refractivity contribution in [1.29, 1.82) is 0 Å². The lowest BCUT2D eigenvalue weighted by atomic mass is 9.95. The summed E-state index contributed by atoms with van der Waals surface area (Å²) in [4.78, 5) is 10.3. The smallest absolute Gasteiger partial charge is 0.269 e. The minimum absolute atomic E-state index is 0.139. The molecular weight excluding hydrogens is 574 g/mol. The molecule has 0 aliphatic carbocycles. The SMILES string of the molecule is O=[N+]([O-])c1ccc(OC[C@H]2O[C@@H](O[C@H]3O[C@H](CO)[C@@H](O)[C@H](O)[C@H]3O)[C@H](O)[C@@H](O)[C@H]2O[C@@H]2[C@H](O)[C@@H](O)CO[C@@H]2CO)cc1. The van der Waals surface area contributed by atoms with Crippen LogP contribution in [0.15, 0.2) is 24.3 Å². The van der Waals surface area contributed by atoms with Gasteiger partial charge in [-0.25, -0.2) is 0 Å². The molecule has 0 bridgehead atoms. The van der Waals surface area contributed by atoms with Gasteiger partial charge in [0, 0.05) is 12.1 Å². The molecule has 0 amide bonds. The zero-order chi connectivity index (χ0) is 30.7. The summed E-state index contributed by atoms with van der Waals surface area (Å²) in [5.41, 5.74) is -0.205. The summed E-state index contributed by atoms with van der Waals surface area (Å²) in [6.07, 6.45) is -22.4. The van der Waals surface area contributed by atoms with Gasteiger partial charge in [-0.2, -0.15) is 0 Å². The lowest BCUT2D eigenvalue weighted by Gasteiger charge is -2.47. The van der Waals surface area contributed by atoms with Gasteiger partial charge in [-0.1, -0.05) is 0 Å². The van der Waals surface area contributed by atoms with Gasteiger partial charge in [0.15, 0.2) is 12.6 Å². The second-order valence-corrected chi connectivity index (χ2v) is 10.1. The third-order valence-electron chi connectivity index (χ3n) is 7.29.